The van der Waals surface area contributed by atoms with Crippen molar-refractivity contribution < 1.29 is 0 Å². The van der Waals surface area contributed by atoms with Gasteiger partial charge in [0.25, 0.3) is 0 Å². The first-order valence-electron chi connectivity index (χ1n) is 6.15. The minimum atomic E-state index is 0.0733. The zero-order valence-corrected chi connectivity index (χ0v) is 13.0. The molecule has 0 radical (unpaired) electrons. The Morgan fingerprint density at radius 2 is 1.89 bits per heavy atom. The van der Waals surface area contributed by atoms with E-state index >= 15 is 0 Å². The van der Waals surface area contributed by atoms with Crippen molar-refractivity contribution in [3.05, 3.63) is 46.6 Å². The monoisotopic (exact) mass is 319 g/mol. The van der Waals surface area contributed by atoms with Gasteiger partial charge in [0, 0.05) is 5.69 Å². The number of rotatable bonds is 2. The molecule has 0 bridgehead atoms. The number of nitrogens with zero attached hydrogens (tertiary/aromatic N) is 1. The number of nitrogen functional groups attached to an aromatic ring is 1. The SMILES string of the molecule is CC(C)(C)c1ccccc1Nc1ncc(N)cc1Br. The van der Waals surface area contributed by atoms with Crippen molar-refractivity contribution in [2.24, 2.45) is 0 Å². The van der Waals surface area contributed by atoms with Gasteiger partial charge in [-0.2, -0.15) is 0 Å². The first-order valence-corrected chi connectivity index (χ1v) is 6.95. The largest absolute Gasteiger partial charge is 0.397 e. The maximum Gasteiger partial charge on any atom is 0.144 e. The Balaban J connectivity index is 2.39. The number of aromatic nitrogens is 1. The molecule has 0 fully saturated rings. The Hall–Kier alpha value is -1.55. The van der Waals surface area contributed by atoms with Gasteiger partial charge in [0.1, 0.15) is 5.82 Å². The van der Waals surface area contributed by atoms with Crippen LogP contribution in [0.25, 0.3) is 0 Å². The number of hydrogen-bond donors (Lipinski definition) is 2. The third-order valence-corrected chi connectivity index (χ3v) is 3.45. The molecule has 0 atom stereocenters. The molecule has 100 valence electrons. The zero-order valence-electron chi connectivity index (χ0n) is 11.4. The van der Waals surface area contributed by atoms with E-state index in [4.69, 9.17) is 5.73 Å². The van der Waals surface area contributed by atoms with Crippen LogP contribution in [0.2, 0.25) is 0 Å². The maximum atomic E-state index is 5.70. The molecule has 0 aliphatic heterocycles. The van der Waals surface area contributed by atoms with Crippen LogP contribution in [0.5, 0.6) is 0 Å². The molecule has 0 spiro atoms. The smallest absolute Gasteiger partial charge is 0.144 e. The van der Waals surface area contributed by atoms with Gasteiger partial charge in [0.2, 0.25) is 0 Å². The average molecular weight is 320 g/mol. The van der Waals surface area contributed by atoms with Crippen molar-refractivity contribution >= 4 is 33.1 Å². The fraction of sp³-hybridized carbons (Fsp3) is 0.267. The molecular weight excluding hydrogens is 302 g/mol. The highest BCUT2D eigenvalue weighted by molar-refractivity contribution is 9.10. The van der Waals surface area contributed by atoms with E-state index in [0.717, 1.165) is 16.0 Å². The molecule has 1 aromatic heterocycles. The van der Waals surface area contributed by atoms with Gasteiger partial charge in [-0.25, -0.2) is 4.98 Å². The summed E-state index contributed by atoms with van der Waals surface area (Å²) >= 11 is 3.47. The summed E-state index contributed by atoms with van der Waals surface area (Å²) in [6, 6.07) is 10.1. The van der Waals surface area contributed by atoms with Crippen LogP contribution in [0, 0.1) is 0 Å². The molecule has 0 aliphatic carbocycles. The van der Waals surface area contributed by atoms with Gasteiger partial charge in [0.15, 0.2) is 0 Å². The number of para-hydroxylation sites is 1. The van der Waals surface area contributed by atoms with Crippen molar-refractivity contribution in [2.45, 2.75) is 26.2 Å². The lowest BCUT2D eigenvalue weighted by atomic mass is 9.86. The number of halogens is 1. The van der Waals surface area contributed by atoms with E-state index in [1.54, 1.807) is 6.20 Å². The molecule has 1 aromatic carbocycles. The third-order valence-electron chi connectivity index (χ3n) is 2.85. The molecule has 0 amide bonds. The quantitative estimate of drug-likeness (QED) is 0.858. The van der Waals surface area contributed by atoms with E-state index in [1.165, 1.54) is 5.56 Å². The summed E-state index contributed by atoms with van der Waals surface area (Å²) in [6.45, 7) is 6.58. The number of anilines is 3. The van der Waals surface area contributed by atoms with Crippen LogP contribution in [0.1, 0.15) is 26.3 Å². The van der Waals surface area contributed by atoms with Crippen LogP contribution in [0.4, 0.5) is 17.2 Å². The van der Waals surface area contributed by atoms with Gasteiger partial charge in [-0.05, 0) is 39.0 Å². The van der Waals surface area contributed by atoms with Crippen LogP contribution in [0.3, 0.4) is 0 Å². The number of benzene rings is 1. The van der Waals surface area contributed by atoms with Crippen LogP contribution < -0.4 is 11.1 Å². The van der Waals surface area contributed by atoms with Gasteiger partial charge >= 0.3 is 0 Å². The topological polar surface area (TPSA) is 50.9 Å². The van der Waals surface area contributed by atoms with E-state index in [2.05, 4.69) is 65.2 Å². The van der Waals surface area contributed by atoms with E-state index in [-0.39, 0.29) is 5.41 Å². The highest BCUT2D eigenvalue weighted by Crippen LogP contribution is 2.32. The average Bonchev–Trinajstić information content (AvgIpc) is 2.32. The molecule has 1 heterocycles. The Morgan fingerprint density at radius 3 is 2.53 bits per heavy atom. The Labute approximate surface area is 122 Å². The minimum absolute atomic E-state index is 0.0733. The summed E-state index contributed by atoms with van der Waals surface area (Å²) in [5.41, 5.74) is 8.73. The normalized spacial score (nSPS) is 11.4. The molecule has 19 heavy (non-hydrogen) atoms. The fourth-order valence-corrected chi connectivity index (χ4v) is 2.38. The summed E-state index contributed by atoms with van der Waals surface area (Å²) < 4.78 is 0.858. The molecule has 3 nitrogen and oxygen atoms in total. The van der Waals surface area contributed by atoms with Crippen molar-refractivity contribution in [3.63, 3.8) is 0 Å². The van der Waals surface area contributed by atoms with Gasteiger partial charge in [-0.1, -0.05) is 39.0 Å². The van der Waals surface area contributed by atoms with E-state index in [0.29, 0.717) is 5.69 Å². The number of nitrogens with one attached hydrogen (secondary N) is 1. The van der Waals surface area contributed by atoms with Crippen LogP contribution in [-0.2, 0) is 5.41 Å². The van der Waals surface area contributed by atoms with Crippen molar-refractivity contribution in [1.82, 2.24) is 4.98 Å². The highest BCUT2D eigenvalue weighted by Gasteiger charge is 2.18. The first kappa shape index (κ1) is 13.9. The molecular formula is C15H18BrN3. The number of hydrogen-bond acceptors (Lipinski definition) is 3. The maximum absolute atomic E-state index is 5.70. The Bertz CT molecular complexity index is 588. The number of nitrogens with two attached hydrogens (primary N) is 1. The Morgan fingerprint density at radius 1 is 1.21 bits per heavy atom. The second-order valence-corrected chi connectivity index (χ2v) is 6.37. The molecule has 3 N–H and O–H groups in total. The van der Waals surface area contributed by atoms with Crippen LogP contribution in [0.15, 0.2) is 41.0 Å². The van der Waals surface area contributed by atoms with Gasteiger partial charge in [0.05, 0.1) is 16.4 Å². The lowest BCUT2D eigenvalue weighted by Crippen LogP contribution is -2.13. The molecule has 0 unspecified atom stereocenters. The molecule has 2 aromatic rings. The van der Waals surface area contributed by atoms with E-state index < -0.39 is 0 Å². The standard InChI is InChI=1S/C15H18BrN3/c1-15(2,3)11-6-4-5-7-13(11)19-14-12(16)8-10(17)9-18-14/h4-9H,17H2,1-3H3,(H,18,19). The Kier molecular flexibility index (Phi) is 3.80. The third kappa shape index (κ3) is 3.26. The highest BCUT2D eigenvalue weighted by atomic mass is 79.9. The summed E-state index contributed by atoms with van der Waals surface area (Å²) in [6.07, 6.45) is 1.65. The lowest BCUT2D eigenvalue weighted by molar-refractivity contribution is 0.592. The van der Waals surface area contributed by atoms with Crippen LogP contribution >= 0.6 is 15.9 Å². The van der Waals surface area contributed by atoms with Crippen molar-refractivity contribution in [3.8, 4) is 0 Å². The minimum Gasteiger partial charge on any atom is -0.397 e. The van der Waals surface area contributed by atoms with Crippen molar-refractivity contribution in [1.29, 1.82) is 0 Å². The lowest BCUT2D eigenvalue weighted by Gasteiger charge is -2.23. The second kappa shape index (κ2) is 5.21. The fourth-order valence-electron chi connectivity index (χ4n) is 1.92. The second-order valence-electron chi connectivity index (χ2n) is 5.52. The van der Waals surface area contributed by atoms with Crippen molar-refractivity contribution in [2.75, 3.05) is 11.1 Å². The summed E-state index contributed by atoms with van der Waals surface area (Å²) in [5.74, 6) is 0.769. The van der Waals surface area contributed by atoms with Crippen LogP contribution in [-0.4, -0.2) is 4.98 Å². The van der Waals surface area contributed by atoms with Gasteiger partial charge < -0.3 is 11.1 Å². The summed E-state index contributed by atoms with van der Waals surface area (Å²) in [4.78, 5) is 4.31. The summed E-state index contributed by atoms with van der Waals surface area (Å²) in [7, 11) is 0. The molecule has 0 saturated heterocycles. The zero-order chi connectivity index (χ0) is 14.0. The molecule has 2 rings (SSSR count). The van der Waals surface area contributed by atoms with E-state index in [9.17, 15) is 0 Å². The van der Waals surface area contributed by atoms with Gasteiger partial charge in [-0.15, -0.1) is 0 Å². The van der Waals surface area contributed by atoms with E-state index in [1.807, 2.05) is 12.1 Å². The number of pyridine rings is 1. The molecule has 4 heteroatoms. The predicted octanol–water partition coefficient (Wildman–Crippen LogP) is 4.47. The first-order chi connectivity index (χ1) is 8.88. The molecule has 0 aliphatic rings. The summed E-state index contributed by atoms with van der Waals surface area (Å²) in [5, 5.41) is 3.36. The molecule has 0 saturated carbocycles. The predicted molar refractivity (Wildman–Crippen MR) is 84.8 cm³/mol. The van der Waals surface area contributed by atoms with Gasteiger partial charge in [-0.3, -0.25) is 0 Å².